The molecule has 0 fully saturated rings. The number of likely N-dealkylation sites (N-methyl/N-ethyl adjacent to an activating group) is 1. The van der Waals surface area contributed by atoms with Gasteiger partial charge in [-0.3, -0.25) is 9.78 Å². The van der Waals surface area contributed by atoms with E-state index >= 15 is 0 Å². The van der Waals surface area contributed by atoms with Crippen LogP contribution in [0, 0.1) is 0 Å². The molecule has 136 valence electrons. The summed E-state index contributed by atoms with van der Waals surface area (Å²) >= 11 is 1.69. The van der Waals surface area contributed by atoms with Gasteiger partial charge >= 0.3 is 0 Å². The Hall–Kier alpha value is -2.58. The molecule has 8 heteroatoms. The largest absolute Gasteiger partial charge is 0.354 e. The highest BCUT2D eigenvalue weighted by Gasteiger charge is 2.17. The van der Waals surface area contributed by atoms with Crippen LogP contribution in [-0.2, 0) is 11.2 Å². The van der Waals surface area contributed by atoms with Crippen LogP contribution < -0.4 is 5.32 Å². The van der Waals surface area contributed by atoms with E-state index in [0.29, 0.717) is 36.8 Å². The summed E-state index contributed by atoms with van der Waals surface area (Å²) in [7, 11) is 4.02. The molecule has 7 nitrogen and oxygen atoms in total. The summed E-state index contributed by atoms with van der Waals surface area (Å²) in [6.45, 7) is 0.565. The van der Waals surface area contributed by atoms with Crippen molar-refractivity contribution in [2.24, 2.45) is 0 Å². The molecule has 0 bridgehead atoms. The standard InChI is InChI=1S/C18H21N5O2S/c1-23(2)14(15-7-5-11-26-15)12-20-16(24)8-9-17-21-18(22-25-17)13-6-3-4-10-19-13/h3-7,10-11,14H,8-9,12H2,1-2H3,(H,20,24). The number of carbonyl (C=O) groups is 1. The Balaban J connectivity index is 1.49. The van der Waals surface area contributed by atoms with Crippen molar-refractivity contribution < 1.29 is 9.32 Å². The van der Waals surface area contributed by atoms with E-state index in [1.165, 1.54) is 4.88 Å². The molecular weight excluding hydrogens is 350 g/mol. The van der Waals surface area contributed by atoms with E-state index in [2.05, 4.69) is 31.4 Å². The topological polar surface area (TPSA) is 84.2 Å². The Labute approximate surface area is 156 Å². The number of hydrogen-bond acceptors (Lipinski definition) is 7. The molecule has 3 heterocycles. The summed E-state index contributed by atoms with van der Waals surface area (Å²) in [5.41, 5.74) is 0.650. The fraction of sp³-hybridized carbons (Fsp3) is 0.333. The molecular formula is C18H21N5O2S. The average molecular weight is 371 g/mol. The van der Waals surface area contributed by atoms with E-state index in [9.17, 15) is 4.79 Å². The Morgan fingerprint density at radius 2 is 2.19 bits per heavy atom. The van der Waals surface area contributed by atoms with Crippen LogP contribution in [-0.4, -0.2) is 46.6 Å². The first-order chi connectivity index (χ1) is 12.6. The number of hydrogen-bond donors (Lipinski definition) is 1. The van der Waals surface area contributed by atoms with E-state index < -0.39 is 0 Å². The monoisotopic (exact) mass is 371 g/mol. The minimum atomic E-state index is -0.0361. The van der Waals surface area contributed by atoms with Crippen molar-refractivity contribution in [1.82, 2.24) is 25.3 Å². The van der Waals surface area contributed by atoms with Crippen molar-refractivity contribution in [3.05, 3.63) is 52.7 Å². The summed E-state index contributed by atoms with van der Waals surface area (Å²) in [5, 5.41) is 8.94. The summed E-state index contributed by atoms with van der Waals surface area (Å²) in [6.07, 6.45) is 2.37. The predicted octanol–water partition coefficient (Wildman–Crippen LogP) is 2.54. The molecule has 0 saturated heterocycles. The average Bonchev–Trinajstić information content (AvgIpc) is 3.33. The van der Waals surface area contributed by atoms with Crippen molar-refractivity contribution in [2.75, 3.05) is 20.6 Å². The van der Waals surface area contributed by atoms with Crippen LogP contribution in [0.25, 0.3) is 11.5 Å². The molecule has 0 aliphatic rings. The number of nitrogens with one attached hydrogen (secondary N) is 1. The van der Waals surface area contributed by atoms with Crippen LogP contribution >= 0.6 is 11.3 Å². The maximum Gasteiger partial charge on any atom is 0.227 e. The molecule has 3 aromatic heterocycles. The van der Waals surface area contributed by atoms with Gasteiger partial charge in [0.15, 0.2) is 0 Å². The number of amides is 1. The smallest absolute Gasteiger partial charge is 0.227 e. The van der Waals surface area contributed by atoms with Gasteiger partial charge in [0.25, 0.3) is 0 Å². The van der Waals surface area contributed by atoms with Gasteiger partial charge in [0, 0.05) is 30.5 Å². The van der Waals surface area contributed by atoms with Gasteiger partial charge in [-0.25, -0.2) is 0 Å². The quantitative estimate of drug-likeness (QED) is 0.655. The van der Waals surface area contributed by atoms with E-state index in [-0.39, 0.29) is 11.9 Å². The normalized spacial score (nSPS) is 12.3. The third kappa shape index (κ3) is 4.74. The second kappa shape index (κ2) is 8.68. The molecule has 1 N–H and O–H groups in total. The fourth-order valence-electron chi connectivity index (χ4n) is 2.49. The van der Waals surface area contributed by atoms with Crippen molar-refractivity contribution in [1.29, 1.82) is 0 Å². The molecule has 1 atom stereocenters. The van der Waals surface area contributed by atoms with Crippen LogP contribution in [0.1, 0.15) is 23.2 Å². The molecule has 0 spiro atoms. The SMILES string of the molecule is CN(C)C(CNC(=O)CCc1nc(-c2ccccn2)no1)c1cccs1. The molecule has 3 rings (SSSR count). The highest BCUT2D eigenvalue weighted by molar-refractivity contribution is 7.10. The molecule has 1 unspecified atom stereocenters. The van der Waals surface area contributed by atoms with E-state index in [0.717, 1.165) is 0 Å². The van der Waals surface area contributed by atoms with Crippen molar-refractivity contribution in [2.45, 2.75) is 18.9 Å². The second-order valence-electron chi connectivity index (χ2n) is 6.03. The first-order valence-electron chi connectivity index (χ1n) is 8.34. The Kier molecular flexibility index (Phi) is 6.08. The van der Waals surface area contributed by atoms with E-state index in [4.69, 9.17) is 4.52 Å². The predicted molar refractivity (Wildman–Crippen MR) is 99.6 cm³/mol. The summed E-state index contributed by atoms with van der Waals surface area (Å²) in [5.74, 6) is 0.834. The number of nitrogens with zero attached hydrogens (tertiary/aromatic N) is 4. The van der Waals surface area contributed by atoms with Crippen molar-refractivity contribution in [3.8, 4) is 11.5 Å². The van der Waals surface area contributed by atoms with E-state index in [1.54, 1.807) is 17.5 Å². The second-order valence-corrected chi connectivity index (χ2v) is 7.00. The van der Waals surface area contributed by atoms with Gasteiger partial charge in [-0.2, -0.15) is 4.98 Å². The van der Waals surface area contributed by atoms with Crippen LogP contribution in [0.5, 0.6) is 0 Å². The highest BCUT2D eigenvalue weighted by atomic mass is 32.1. The van der Waals surface area contributed by atoms with Crippen LogP contribution in [0.2, 0.25) is 0 Å². The van der Waals surface area contributed by atoms with Gasteiger partial charge in [-0.05, 0) is 37.7 Å². The van der Waals surface area contributed by atoms with Crippen molar-refractivity contribution in [3.63, 3.8) is 0 Å². The summed E-state index contributed by atoms with van der Waals surface area (Å²) < 4.78 is 5.20. The van der Waals surface area contributed by atoms with Gasteiger partial charge in [0.1, 0.15) is 5.69 Å². The lowest BCUT2D eigenvalue weighted by Gasteiger charge is -2.23. The van der Waals surface area contributed by atoms with Gasteiger partial charge in [0.05, 0.1) is 6.04 Å². The lowest BCUT2D eigenvalue weighted by Crippen LogP contribution is -2.34. The lowest BCUT2D eigenvalue weighted by atomic mass is 10.2. The van der Waals surface area contributed by atoms with Gasteiger partial charge in [-0.1, -0.05) is 17.3 Å². The maximum atomic E-state index is 12.2. The first kappa shape index (κ1) is 18.2. The zero-order valence-corrected chi connectivity index (χ0v) is 15.6. The third-order valence-corrected chi connectivity index (χ3v) is 4.89. The summed E-state index contributed by atoms with van der Waals surface area (Å²) in [6, 6.07) is 9.77. The molecule has 0 saturated carbocycles. The molecule has 0 aliphatic heterocycles. The molecule has 3 aromatic rings. The lowest BCUT2D eigenvalue weighted by molar-refractivity contribution is -0.121. The molecule has 1 amide bonds. The molecule has 0 radical (unpaired) electrons. The minimum Gasteiger partial charge on any atom is -0.354 e. The Bertz CT molecular complexity index is 817. The Morgan fingerprint density at radius 1 is 1.31 bits per heavy atom. The first-order valence-corrected chi connectivity index (χ1v) is 9.22. The number of aryl methyl sites for hydroxylation is 1. The highest BCUT2D eigenvalue weighted by Crippen LogP contribution is 2.22. The number of aromatic nitrogens is 3. The van der Waals surface area contributed by atoms with Crippen LogP contribution in [0.15, 0.2) is 46.4 Å². The van der Waals surface area contributed by atoms with E-state index in [1.807, 2.05) is 43.7 Å². The van der Waals surface area contributed by atoms with Gasteiger partial charge < -0.3 is 14.7 Å². The number of thiophene rings is 1. The zero-order valence-electron chi connectivity index (χ0n) is 14.8. The minimum absolute atomic E-state index is 0.0361. The number of rotatable bonds is 8. The van der Waals surface area contributed by atoms with Crippen LogP contribution in [0.4, 0.5) is 0 Å². The van der Waals surface area contributed by atoms with Crippen LogP contribution in [0.3, 0.4) is 0 Å². The number of pyridine rings is 1. The molecule has 0 aromatic carbocycles. The zero-order chi connectivity index (χ0) is 18.4. The summed E-state index contributed by atoms with van der Waals surface area (Å²) in [4.78, 5) is 24.0. The third-order valence-electron chi connectivity index (χ3n) is 3.92. The Morgan fingerprint density at radius 3 is 2.88 bits per heavy atom. The molecule has 26 heavy (non-hydrogen) atoms. The van der Waals surface area contributed by atoms with Gasteiger partial charge in [0.2, 0.25) is 17.6 Å². The maximum absolute atomic E-state index is 12.2. The molecule has 0 aliphatic carbocycles. The van der Waals surface area contributed by atoms with Crippen molar-refractivity contribution >= 4 is 17.2 Å². The fourth-order valence-corrected chi connectivity index (χ4v) is 3.42. The number of carbonyl (C=O) groups excluding carboxylic acids is 1. The van der Waals surface area contributed by atoms with Gasteiger partial charge in [-0.15, -0.1) is 11.3 Å².